The van der Waals surface area contributed by atoms with Gasteiger partial charge in [0.15, 0.2) is 0 Å². The molecule has 0 saturated carbocycles. The molecule has 0 spiro atoms. The van der Waals surface area contributed by atoms with Crippen LogP contribution in [0.25, 0.3) is 0 Å². The van der Waals surface area contributed by atoms with E-state index in [2.05, 4.69) is 73.0 Å². The van der Waals surface area contributed by atoms with Crippen molar-refractivity contribution in [2.24, 2.45) is 5.92 Å². The van der Waals surface area contributed by atoms with E-state index in [1.165, 1.54) is 5.56 Å². The van der Waals surface area contributed by atoms with E-state index < -0.39 is 0 Å². The molecule has 3 nitrogen and oxygen atoms in total. The van der Waals surface area contributed by atoms with Crippen LogP contribution in [0, 0.1) is 12.8 Å². The first-order valence-electron chi connectivity index (χ1n) is 7.36. The highest BCUT2D eigenvalue weighted by molar-refractivity contribution is 5.55. The number of imidazole rings is 1. The Labute approximate surface area is 122 Å². The monoisotopic (exact) mass is 271 g/mol. The normalized spacial score (nSPS) is 11.3. The van der Waals surface area contributed by atoms with Crippen molar-refractivity contribution in [3.05, 3.63) is 41.7 Å². The zero-order valence-electron chi connectivity index (χ0n) is 13.1. The van der Waals surface area contributed by atoms with Gasteiger partial charge in [0.2, 0.25) is 5.95 Å². The van der Waals surface area contributed by atoms with E-state index in [0.29, 0.717) is 11.8 Å². The van der Waals surface area contributed by atoms with E-state index in [1.54, 1.807) is 0 Å². The second-order valence-corrected chi connectivity index (χ2v) is 6.16. The molecule has 1 N–H and O–H groups in total. The summed E-state index contributed by atoms with van der Waals surface area (Å²) in [4.78, 5) is 4.59. The van der Waals surface area contributed by atoms with E-state index in [-0.39, 0.29) is 0 Å². The van der Waals surface area contributed by atoms with Crippen molar-refractivity contribution in [2.75, 3.05) is 5.32 Å². The van der Waals surface area contributed by atoms with Gasteiger partial charge in [-0.25, -0.2) is 4.98 Å². The summed E-state index contributed by atoms with van der Waals surface area (Å²) in [7, 11) is 0. The van der Waals surface area contributed by atoms with Crippen molar-refractivity contribution < 1.29 is 0 Å². The molecule has 0 atom stereocenters. The Morgan fingerprint density at radius 1 is 1.20 bits per heavy atom. The van der Waals surface area contributed by atoms with Gasteiger partial charge in [-0.2, -0.15) is 0 Å². The number of rotatable bonds is 5. The molecule has 1 aromatic heterocycles. The summed E-state index contributed by atoms with van der Waals surface area (Å²) in [6.07, 6.45) is 2.11. The average molecular weight is 271 g/mol. The summed E-state index contributed by atoms with van der Waals surface area (Å²) < 4.78 is 2.20. The molecule has 2 rings (SSSR count). The van der Waals surface area contributed by atoms with Gasteiger partial charge < -0.3 is 9.88 Å². The van der Waals surface area contributed by atoms with Crippen LogP contribution < -0.4 is 5.32 Å². The fourth-order valence-electron chi connectivity index (χ4n) is 2.28. The van der Waals surface area contributed by atoms with Crippen LogP contribution in [0.1, 0.15) is 44.9 Å². The molecule has 0 bridgehead atoms. The van der Waals surface area contributed by atoms with Gasteiger partial charge in [-0.1, -0.05) is 39.8 Å². The van der Waals surface area contributed by atoms with Crippen LogP contribution in [0.4, 0.5) is 11.6 Å². The first-order valence-corrected chi connectivity index (χ1v) is 7.36. The number of nitrogens with one attached hydrogen (secondary N) is 1. The second-order valence-electron chi connectivity index (χ2n) is 6.16. The molecule has 3 heteroatoms. The Kier molecular flexibility index (Phi) is 4.48. The maximum atomic E-state index is 4.59. The zero-order chi connectivity index (χ0) is 14.7. The van der Waals surface area contributed by atoms with Gasteiger partial charge in [-0.3, -0.25) is 0 Å². The van der Waals surface area contributed by atoms with Crippen LogP contribution in [0.15, 0.2) is 30.5 Å². The Morgan fingerprint density at radius 3 is 2.60 bits per heavy atom. The lowest BCUT2D eigenvalue weighted by Crippen LogP contribution is -2.07. The van der Waals surface area contributed by atoms with Crippen LogP contribution in [0.5, 0.6) is 0 Å². The largest absolute Gasteiger partial charge is 0.326 e. The van der Waals surface area contributed by atoms with Crippen molar-refractivity contribution in [1.82, 2.24) is 9.55 Å². The lowest BCUT2D eigenvalue weighted by atomic mass is 10.0. The predicted octanol–water partition coefficient (Wildman–Crippen LogP) is 4.71. The predicted molar refractivity (Wildman–Crippen MR) is 85.6 cm³/mol. The van der Waals surface area contributed by atoms with Crippen molar-refractivity contribution in [1.29, 1.82) is 0 Å². The van der Waals surface area contributed by atoms with Crippen molar-refractivity contribution >= 4 is 11.6 Å². The van der Waals surface area contributed by atoms with E-state index in [0.717, 1.165) is 23.9 Å². The van der Waals surface area contributed by atoms with Crippen molar-refractivity contribution in [3.8, 4) is 0 Å². The lowest BCUT2D eigenvalue weighted by molar-refractivity contribution is 0.527. The molecule has 0 fully saturated rings. The standard InChI is InChI=1S/C17H25N3/c1-12(2)10-20-11-14(5)18-17(20)19-16-8-6-7-15(9-16)13(3)4/h6-9,11-13H,10H2,1-5H3,(H,18,19). The number of hydrogen-bond donors (Lipinski definition) is 1. The summed E-state index contributed by atoms with van der Waals surface area (Å²) in [5.41, 5.74) is 3.49. The van der Waals surface area contributed by atoms with Crippen LogP contribution >= 0.6 is 0 Å². The minimum Gasteiger partial charge on any atom is -0.326 e. The second kappa shape index (κ2) is 6.12. The Morgan fingerprint density at radius 2 is 1.95 bits per heavy atom. The highest BCUT2D eigenvalue weighted by atomic mass is 15.2. The molecule has 0 aliphatic heterocycles. The van der Waals surface area contributed by atoms with Gasteiger partial charge >= 0.3 is 0 Å². The van der Waals surface area contributed by atoms with Gasteiger partial charge in [0.05, 0.1) is 5.69 Å². The first kappa shape index (κ1) is 14.6. The molecule has 0 aliphatic rings. The van der Waals surface area contributed by atoms with Gasteiger partial charge in [-0.15, -0.1) is 0 Å². The van der Waals surface area contributed by atoms with Crippen LogP contribution in [-0.4, -0.2) is 9.55 Å². The summed E-state index contributed by atoms with van der Waals surface area (Å²) in [5, 5.41) is 3.45. The number of hydrogen-bond acceptors (Lipinski definition) is 2. The summed E-state index contributed by atoms with van der Waals surface area (Å²) >= 11 is 0. The molecule has 1 aromatic carbocycles. The van der Waals surface area contributed by atoms with E-state index in [9.17, 15) is 0 Å². The SMILES string of the molecule is Cc1cn(CC(C)C)c(Nc2cccc(C(C)C)c2)n1. The average Bonchev–Trinajstić information content (AvgIpc) is 2.68. The third-order valence-electron chi connectivity index (χ3n) is 3.27. The molecule has 20 heavy (non-hydrogen) atoms. The number of benzene rings is 1. The Bertz CT molecular complexity index is 567. The molecule has 2 aromatic rings. The van der Waals surface area contributed by atoms with E-state index in [1.807, 2.05) is 6.92 Å². The maximum absolute atomic E-state index is 4.59. The molecule has 0 amide bonds. The van der Waals surface area contributed by atoms with Gasteiger partial charge in [-0.05, 0) is 36.5 Å². The zero-order valence-corrected chi connectivity index (χ0v) is 13.1. The Hall–Kier alpha value is -1.77. The number of nitrogens with zero attached hydrogens (tertiary/aromatic N) is 2. The van der Waals surface area contributed by atoms with Gasteiger partial charge in [0, 0.05) is 18.4 Å². The molecule has 1 heterocycles. The fraction of sp³-hybridized carbons (Fsp3) is 0.471. The Balaban J connectivity index is 2.23. The number of aryl methyl sites for hydroxylation is 1. The molecule has 0 aliphatic carbocycles. The maximum Gasteiger partial charge on any atom is 0.207 e. The number of anilines is 2. The molecule has 0 unspecified atom stereocenters. The highest BCUT2D eigenvalue weighted by Crippen LogP contribution is 2.22. The van der Waals surface area contributed by atoms with Crippen LogP contribution in [0.2, 0.25) is 0 Å². The summed E-state index contributed by atoms with van der Waals surface area (Å²) in [6, 6.07) is 8.56. The lowest BCUT2D eigenvalue weighted by Gasteiger charge is -2.13. The minimum absolute atomic E-state index is 0.536. The topological polar surface area (TPSA) is 29.9 Å². The van der Waals surface area contributed by atoms with Gasteiger partial charge in [0.25, 0.3) is 0 Å². The quantitative estimate of drug-likeness (QED) is 0.853. The first-order chi connectivity index (χ1) is 9.45. The smallest absolute Gasteiger partial charge is 0.207 e. The summed E-state index contributed by atoms with van der Waals surface area (Å²) in [6.45, 7) is 11.9. The van der Waals surface area contributed by atoms with E-state index in [4.69, 9.17) is 0 Å². The summed E-state index contributed by atoms with van der Waals surface area (Å²) in [5.74, 6) is 2.07. The van der Waals surface area contributed by atoms with E-state index >= 15 is 0 Å². The van der Waals surface area contributed by atoms with Gasteiger partial charge in [0.1, 0.15) is 0 Å². The molecule has 108 valence electrons. The molecular weight excluding hydrogens is 246 g/mol. The molecule has 0 saturated heterocycles. The van der Waals surface area contributed by atoms with Crippen LogP contribution in [0.3, 0.4) is 0 Å². The number of aromatic nitrogens is 2. The molecule has 0 radical (unpaired) electrons. The van der Waals surface area contributed by atoms with Crippen LogP contribution in [-0.2, 0) is 6.54 Å². The highest BCUT2D eigenvalue weighted by Gasteiger charge is 2.08. The third kappa shape index (κ3) is 3.62. The minimum atomic E-state index is 0.536. The van der Waals surface area contributed by atoms with Crippen molar-refractivity contribution in [2.45, 2.75) is 47.1 Å². The fourth-order valence-corrected chi connectivity index (χ4v) is 2.28. The molecular formula is C17H25N3. The third-order valence-corrected chi connectivity index (χ3v) is 3.27. The van der Waals surface area contributed by atoms with Crippen molar-refractivity contribution in [3.63, 3.8) is 0 Å².